The van der Waals surface area contributed by atoms with E-state index in [9.17, 15) is 15.0 Å². The van der Waals surface area contributed by atoms with Crippen LogP contribution in [0.3, 0.4) is 0 Å². The highest BCUT2D eigenvalue weighted by molar-refractivity contribution is 5.92. The lowest BCUT2D eigenvalue weighted by atomic mass is 9.40. The predicted molar refractivity (Wildman–Crippen MR) is 85.8 cm³/mol. The van der Waals surface area contributed by atoms with Crippen molar-refractivity contribution in [3.8, 4) is 0 Å². The van der Waals surface area contributed by atoms with Crippen LogP contribution in [-0.4, -0.2) is 51.7 Å². The maximum absolute atomic E-state index is 13.3. The molecule has 9 rings (SSSR count). The van der Waals surface area contributed by atoms with E-state index in [-0.39, 0.29) is 51.9 Å². The molecular formula is C20H25NO3. The Labute approximate surface area is 141 Å². The second kappa shape index (κ2) is 3.30. The van der Waals surface area contributed by atoms with Gasteiger partial charge in [0.15, 0.2) is 0 Å². The lowest BCUT2D eigenvalue weighted by Crippen LogP contribution is -2.66. The number of hydrogen-bond donors (Lipinski definition) is 2. The molecule has 6 aliphatic carbocycles. The average Bonchev–Trinajstić information content (AvgIpc) is 2.88. The average molecular weight is 327 g/mol. The molecule has 0 aromatic heterocycles. The zero-order valence-electron chi connectivity index (χ0n) is 14.1. The van der Waals surface area contributed by atoms with Gasteiger partial charge in [-0.3, -0.25) is 9.69 Å². The summed E-state index contributed by atoms with van der Waals surface area (Å²) in [6, 6.07) is 0.858. The van der Waals surface area contributed by atoms with E-state index in [4.69, 9.17) is 0 Å². The molecule has 0 aromatic rings. The van der Waals surface area contributed by atoms with Crippen molar-refractivity contribution in [1.82, 2.24) is 4.90 Å². The molecular weight excluding hydrogens is 302 g/mol. The van der Waals surface area contributed by atoms with Crippen molar-refractivity contribution in [2.45, 2.75) is 56.9 Å². The van der Waals surface area contributed by atoms with E-state index in [2.05, 4.69) is 18.4 Å². The van der Waals surface area contributed by atoms with E-state index in [1.54, 1.807) is 0 Å². The van der Waals surface area contributed by atoms with Crippen LogP contribution in [0, 0.1) is 39.9 Å². The first-order chi connectivity index (χ1) is 11.4. The van der Waals surface area contributed by atoms with Gasteiger partial charge in [-0.1, -0.05) is 19.1 Å². The van der Waals surface area contributed by atoms with Gasteiger partial charge in [0.1, 0.15) is 5.78 Å². The Balaban J connectivity index is 1.55. The summed E-state index contributed by atoms with van der Waals surface area (Å²) >= 11 is 0. The van der Waals surface area contributed by atoms with E-state index in [0.717, 1.165) is 37.8 Å². The van der Waals surface area contributed by atoms with Gasteiger partial charge < -0.3 is 10.2 Å². The predicted octanol–water partition coefficient (Wildman–Crippen LogP) is 0.972. The third-order valence-electron chi connectivity index (χ3n) is 9.90. The Morgan fingerprint density at radius 1 is 1.21 bits per heavy atom. The molecule has 12 atom stereocenters. The van der Waals surface area contributed by atoms with Crippen molar-refractivity contribution in [3.05, 3.63) is 12.2 Å². The number of nitrogens with zero attached hydrogens (tertiary/aromatic N) is 1. The molecule has 3 heterocycles. The first-order valence-electron chi connectivity index (χ1n) is 9.68. The molecule has 6 saturated carbocycles. The summed E-state index contributed by atoms with van der Waals surface area (Å²) in [6.07, 6.45) is 2.88. The van der Waals surface area contributed by atoms with Crippen LogP contribution in [0.25, 0.3) is 0 Å². The molecule has 9 bridgehead atoms. The molecule has 3 saturated heterocycles. The maximum Gasteiger partial charge on any atom is 0.147 e. The highest BCUT2D eigenvalue weighted by Gasteiger charge is 2.90. The number of carbonyl (C=O) groups is 1. The number of aliphatic hydroxyl groups is 2. The molecule has 2 N–H and O–H groups in total. The maximum atomic E-state index is 13.3. The minimum Gasteiger partial charge on any atom is -0.393 e. The summed E-state index contributed by atoms with van der Waals surface area (Å²) < 4.78 is 0. The molecule has 2 spiro atoms. The van der Waals surface area contributed by atoms with Crippen molar-refractivity contribution >= 4 is 5.78 Å². The van der Waals surface area contributed by atoms with Crippen molar-refractivity contribution in [2.75, 3.05) is 6.54 Å². The lowest BCUT2D eigenvalue weighted by Gasteiger charge is -2.64. The van der Waals surface area contributed by atoms with Gasteiger partial charge in [-0.05, 0) is 47.8 Å². The molecule has 0 radical (unpaired) electrons. The zero-order valence-corrected chi connectivity index (χ0v) is 14.1. The fourth-order valence-corrected chi connectivity index (χ4v) is 10.4. The van der Waals surface area contributed by atoms with E-state index < -0.39 is 6.10 Å². The minimum atomic E-state index is -0.559. The van der Waals surface area contributed by atoms with Gasteiger partial charge >= 0.3 is 0 Å². The summed E-state index contributed by atoms with van der Waals surface area (Å²) in [5, 5.41) is 22.0. The Morgan fingerprint density at radius 2 is 2.00 bits per heavy atom. The highest BCUT2D eigenvalue weighted by Crippen LogP contribution is 2.86. The van der Waals surface area contributed by atoms with E-state index in [1.165, 1.54) is 0 Å². The second-order valence-corrected chi connectivity index (χ2v) is 10.6. The number of Topliss-reactive ketones (excluding diaryl/α,β-unsaturated/α-hetero) is 1. The van der Waals surface area contributed by atoms with Gasteiger partial charge in [0.2, 0.25) is 0 Å². The van der Waals surface area contributed by atoms with Crippen LogP contribution in [0.5, 0.6) is 0 Å². The van der Waals surface area contributed by atoms with Gasteiger partial charge in [-0.15, -0.1) is 0 Å². The molecule has 128 valence electrons. The number of aliphatic hydroxyl groups excluding tert-OH is 2. The van der Waals surface area contributed by atoms with Crippen molar-refractivity contribution in [1.29, 1.82) is 0 Å². The Morgan fingerprint density at radius 3 is 2.79 bits per heavy atom. The standard InChI is InChI=1S/C20H25NO3/c1-8-3-19-6-10-15-18(2)4-9(22)5-20(15)16(19)14(24)11(8)13(23)12(19)17(20)21(10)7-18/h9-12,14-17,22,24H,1,3-7H2,2H3. The van der Waals surface area contributed by atoms with Crippen LogP contribution in [-0.2, 0) is 4.79 Å². The lowest BCUT2D eigenvalue weighted by molar-refractivity contribution is -0.189. The SMILES string of the molecule is C=C1CC23CC4C5C6(C)CC(O)CC57C(C2C(=O)C1C(O)C37)N4C6. The first-order valence-corrected chi connectivity index (χ1v) is 9.68. The number of hydrogen-bond acceptors (Lipinski definition) is 4. The van der Waals surface area contributed by atoms with Gasteiger partial charge in [0.05, 0.1) is 18.1 Å². The fraction of sp³-hybridized carbons (Fsp3) is 0.850. The topological polar surface area (TPSA) is 60.8 Å². The minimum absolute atomic E-state index is 0.0250. The number of carbonyl (C=O) groups excluding carboxylic acids is 1. The number of ketones is 1. The molecule has 9 aliphatic rings. The van der Waals surface area contributed by atoms with Gasteiger partial charge in [0.25, 0.3) is 0 Å². The van der Waals surface area contributed by atoms with Gasteiger partial charge in [-0.25, -0.2) is 0 Å². The molecule has 9 fully saturated rings. The first kappa shape index (κ1) is 13.5. The summed E-state index contributed by atoms with van der Waals surface area (Å²) in [7, 11) is 0. The molecule has 3 aliphatic heterocycles. The second-order valence-electron chi connectivity index (χ2n) is 10.6. The molecule has 0 aromatic carbocycles. The normalized spacial score (nSPS) is 73.0. The van der Waals surface area contributed by atoms with E-state index in [1.807, 2.05) is 0 Å². The summed E-state index contributed by atoms with van der Waals surface area (Å²) in [5.41, 5.74) is 1.08. The summed E-state index contributed by atoms with van der Waals surface area (Å²) in [6.45, 7) is 7.59. The Kier molecular flexibility index (Phi) is 1.86. The Hall–Kier alpha value is -0.710. The van der Waals surface area contributed by atoms with Crippen LogP contribution < -0.4 is 0 Å². The quantitative estimate of drug-likeness (QED) is 0.651. The van der Waals surface area contributed by atoms with E-state index in [0.29, 0.717) is 12.0 Å². The Bertz CT molecular complexity index is 749. The van der Waals surface area contributed by atoms with Crippen molar-refractivity contribution in [3.63, 3.8) is 0 Å². The largest absolute Gasteiger partial charge is 0.393 e. The summed E-state index contributed by atoms with van der Waals surface area (Å²) in [5.74, 6) is 0.814. The molecule has 24 heavy (non-hydrogen) atoms. The molecule has 4 heteroatoms. The monoisotopic (exact) mass is 327 g/mol. The van der Waals surface area contributed by atoms with Crippen LogP contribution in [0.15, 0.2) is 12.2 Å². The number of rotatable bonds is 0. The number of piperidine rings is 2. The fourth-order valence-electron chi connectivity index (χ4n) is 10.4. The third-order valence-corrected chi connectivity index (χ3v) is 9.90. The zero-order chi connectivity index (χ0) is 16.4. The van der Waals surface area contributed by atoms with Crippen LogP contribution in [0.1, 0.15) is 32.6 Å². The van der Waals surface area contributed by atoms with Gasteiger partial charge in [0, 0.05) is 30.5 Å². The smallest absolute Gasteiger partial charge is 0.147 e. The van der Waals surface area contributed by atoms with Crippen LogP contribution in [0.4, 0.5) is 0 Å². The van der Waals surface area contributed by atoms with E-state index >= 15 is 0 Å². The highest BCUT2D eigenvalue weighted by atomic mass is 16.3. The van der Waals surface area contributed by atoms with Crippen molar-refractivity contribution in [2.24, 2.45) is 39.9 Å². The van der Waals surface area contributed by atoms with Crippen LogP contribution >= 0.6 is 0 Å². The third kappa shape index (κ3) is 0.945. The number of fused-ring (bicyclic) bond motifs is 1. The molecule has 4 nitrogen and oxygen atoms in total. The van der Waals surface area contributed by atoms with Crippen molar-refractivity contribution < 1.29 is 15.0 Å². The van der Waals surface area contributed by atoms with Gasteiger partial charge in [-0.2, -0.15) is 0 Å². The van der Waals surface area contributed by atoms with Crippen LogP contribution in [0.2, 0.25) is 0 Å². The summed E-state index contributed by atoms with van der Waals surface area (Å²) in [4.78, 5) is 16.0. The molecule has 12 unspecified atom stereocenters. The molecule has 0 amide bonds.